The molecule has 1 aliphatic rings. The Morgan fingerprint density at radius 3 is 2.30 bits per heavy atom. The molecule has 0 saturated carbocycles. The summed E-state index contributed by atoms with van der Waals surface area (Å²) in [6, 6.07) is 0. The number of halogens is 1. The first kappa shape index (κ1) is 8.35. The van der Waals surface area contributed by atoms with E-state index >= 15 is 0 Å². The van der Waals surface area contributed by atoms with E-state index in [1.54, 1.807) is 0 Å². The van der Waals surface area contributed by atoms with Crippen molar-refractivity contribution in [1.82, 2.24) is 4.90 Å². The molecular weight excluding hydrogens is 146 g/mol. The maximum absolute atomic E-state index is 5.64. The van der Waals surface area contributed by atoms with Gasteiger partial charge in [0, 0.05) is 24.5 Å². The molecule has 0 aromatic heterocycles. The molecule has 1 heterocycles. The first-order valence-electron chi connectivity index (χ1n) is 4.10. The summed E-state index contributed by atoms with van der Waals surface area (Å²) in [6.45, 7) is 6.87. The maximum Gasteiger partial charge on any atom is 0.0351 e. The highest BCUT2D eigenvalue weighted by atomic mass is 35.5. The van der Waals surface area contributed by atoms with Gasteiger partial charge in [-0.3, -0.25) is 4.90 Å². The lowest BCUT2D eigenvalue weighted by Crippen LogP contribution is -2.17. The van der Waals surface area contributed by atoms with Crippen molar-refractivity contribution in [2.75, 3.05) is 19.0 Å². The van der Waals surface area contributed by atoms with E-state index in [2.05, 4.69) is 18.7 Å². The Morgan fingerprint density at radius 2 is 2.00 bits per heavy atom. The molecule has 0 bridgehead atoms. The number of hydrogen-bond donors (Lipinski definition) is 0. The third-order valence-electron chi connectivity index (χ3n) is 2.72. The molecule has 1 atom stereocenters. The Balaban J connectivity index is 2.30. The van der Waals surface area contributed by atoms with Gasteiger partial charge in [-0.25, -0.2) is 0 Å². The molecular formula is C8H16ClN. The number of alkyl halides is 1. The molecule has 1 unspecified atom stereocenters. The Morgan fingerprint density at radius 1 is 1.40 bits per heavy atom. The molecule has 0 radical (unpaired) electrons. The minimum Gasteiger partial charge on any atom is -0.293 e. The van der Waals surface area contributed by atoms with E-state index in [9.17, 15) is 0 Å². The standard InChI is InChI=1S/C8H16ClN/c1-3-8(4-2)7-10(8)6-5-9/h3-7H2,1-2H3. The molecule has 0 aromatic rings. The van der Waals surface area contributed by atoms with Crippen LogP contribution in [0.2, 0.25) is 0 Å². The minimum atomic E-state index is 0.550. The molecule has 1 fully saturated rings. The third kappa shape index (κ3) is 1.30. The molecule has 1 nitrogen and oxygen atoms in total. The molecule has 0 amide bonds. The Hall–Kier alpha value is 0.250. The van der Waals surface area contributed by atoms with Crippen molar-refractivity contribution in [3.8, 4) is 0 Å². The molecule has 10 heavy (non-hydrogen) atoms. The van der Waals surface area contributed by atoms with E-state index in [1.165, 1.54) is 19.4 Å². The number of nitrogens with zero attached hydrogens (tertiary/aromatic N) is 1. The first-order chi connectivity index (χ1) is 4.79. The van der Waals surface area contributed by atoms with Crippen molar-refractivity contribution >= 4 is 11.6 Å². The molecule has 60 valence electrons. The van der Waals surface area contributed by atoms with Gasteiger partial charge in [0.15, 0.2) is 0 Å². The van der Waals surface area contributed by atoms with Gasteiger partial charge < -0.3 is 0 Å². The summed E-state index contributed by atoms with van der Waals surface area (Å²) >= 11 is 5.64. The van der Waals surface area contributed by atoms with E-state index in [-0.39, 0.29) is 0 Å². The van der Waals surface area contributed by atoms with Gasteiger partial charge in [-0.2, -0.15) is 0 Å². The fourth-order valence-electron chi connectivity index (χ4n) is 1.66. The van der Waals surface area contributed by atoms with E-state index < -0.39 is 0 Å². The second kappa shape index (κ2) is 3.10. The summed E-state index contributed by atoms with van der Waals surface area (Å²) in [7, 11) is 0. The van der Waals surface area contributed by atoms with Crippen LogP contribution in [-0.2, 0) is 0 Å². The van der Waals surface area contributed by atoms with Gasteiger partial charge in [-0.05, 0) is 12.8 Å². The fraction of sp³-hybridized carbons (Fsp3) is 1.00. The van der Waals surface area contributed by atoms with Crippen LogP contribution in [0, 0.1) is 0 Å². The largest absolute Gasteiger partial charge is 0.293 e. The van der Waals surface area contributed by atoms with Crippen molar-refractivity contribution in [3.05, 3.63) is 0 Å². The summed E-state index contributed by atoms with van der Waals surface area (Å²) in [5, 5.41) is 0. The van der Waals surface area contributed by atoms with Gasteiger partial charge in [-0.1, -0.05) is 13.8 Å². The average Bonchev–Trinajstić information content (AvgIpc) is 2.65. The monoisotopic (exact) mass is 161 g/mol. The van der Waals surface area contributed by atoms with Crippen LogP contribution < -0.4 is 0 Å². The average molecular weight is 162 g/mol. The van der Waals surface area contributed by atoms with Crippen molar-refractivity contribution in [2.24, 2.45) is 0 Å². The second-order valence-electron chi connectivity index (χ2n) is 3.04. The molecule has 1 rings (SSSR count). The first-order valence-corrected chi connectivity index (χ1v) is 4.63. The van der Waals surface area contributed by atoms with Crippen molar-refractivity contribution in [1.29, 1.82) is 0 Å². The Labute approximate surface area is 68.4 Å². The third-order valence-corrected chi connectivity index (χ3v) is 2.89. The van der Waals surface area contributed by atoms with Crippen LogP contribution in [0.4, 0.5) is 0 Å². The number of hydrogen-bond acceptors (Lipinski definition) is 1. The van der Waals surface area contributed by atoms with Crippen molar-refractivity contribution in [3.63, 3.8) is 0 Å². The topological polar surface area (TPSA) is 3.01 Å². The highest BCUT2D eigenvalue weighted by molar-refractivity contribution is 6.18. The summed E-state index contributed by atoms with van der Waals surface area (Å²) in [5.74, 6) is 0.780. The van der Waals surface area contributed by atoms with Gasteiger partial charge in [0.25, 0.3) is 0 Å². The molecule has 1 aliphatic heterocycles. The lowest BCUT2D eigenvalue weighted by Gasteiger charge is -2.11. The summed E-state index contributed by atoms with van der Waals surface area (Å²) in [4.78, 5) is 2.47. The predicted octanol–water partition coefficient (Wildman–Crippen LogP) is 2.10. The normalized spacial score (nSPS) is 28.5. The highest BCUT2D eigenvalue weighted by Gasteiger charge is 2.47. The lowest BCUT2D eigenvalue weighted by atomic mass is 10.0. The lowest BCUT2D eigenvalue weighted by molar-refractivity contribution is 0.400. The van der Waals surface area contributed by atoms with Crippen LogP contribution in [0.1, 0.15) is 26.7 Å². The van der Waals surface area contributed by atoms with Crippen molar-refractivity contribution < 1.29 is 0 Å². The number of rotatable bonds is 4. The van der Waals surface area contributed by atoms with Gasteiger partial charge in [0.1, 0.15) is 0 Å². The molecule has 0 aliphatic carbocycles. The summed E-state index contributed by atoms with van der Waals surface area (Å²) in [6.07, 6.45) is 2.56. The minimum absolute atomic E-state index is 0.550. The van der Waals surface area contributed by atoms with Gasteiger partial charge in [-0.15, -0.1) is 11.6 Å². The van der Waals surface area contributed by atoms with E-state index in [0.29, 0.717) is 5.54 Å². The predicted molar refractivity (Wildman–Crippen MR) is 45.6 cm³/mol. The van der Waals surface area contributed by atoms with Crippen LogP contribution in [-0.4, -0.2) is 29.4 Å². The quantitative estimate of drug-likeness (QED) is 0.451. The van der Waals surface area contributed by atoms with Crippen LogP contribution >= 0.6 is 11.6 Å². The Kier molecular flexibility index (Phi) is 2.59. The van der Waals surface area contributed by atoms with Gasteiger partial charge >= 0.3 is 0 Å². The molecule has 0 aromatic carbocycles. The highest BCUT2D eigenvalue weighted by Crippen LogP contribution is 2.37. The van der Waals surface area contributed by atoms with Gasteiger partial charge in [0.05, 0.1) is 0 Å². The zero-order valence-corrected chi connectivity index (χ0v) is 7.62. The molecule has 2 heteroatoms. The molecule has 1 saturated heterocycles. The van der Waals surface area contributed by atoms with Crippen LogP contribution in [0.25, 0.3) is 0 Å². The fourth-order valence-corrected chi connectivity index (χ4v) is 1.86. The summed E-state index contributed by atoms with van der Waals surface area (Å²) in [5.41, 5.74) is 0.550. The van der Waals surface area contributed by atoms with Crippen LogP contribution in [0.5, 0.6) is 0 Å². The van der Waals surface area contributed by atoms with E-state index in [0.717, 1.165) is 12.4 Å². The van der Waals surface area contributed by atoms with E-state index in [1.807, 2.05) is 0 Å². The maximum atomic E-state index is 5.64. The zero-order chi connectivity index (χ0) is 7.61. The van der Waals surface area contributed by atoms with Crippen LogP contribution in [0.3, 0.4) is 0 Å². The molecule has 0 spiro atoms. The van der Waals surface area contributed by atoms with Gasteiger partial charge in [0.2, 0.25) is 0 Å². The summed E-state index contributed by atoms with van der Waals surface area (Å²) < 4.78 is 0. The smallest absolute Gasteiger partial charge is 0.0351 e. The van der Waals surface area contributed by atoms with Crippen molar-refractivity contribution in [2.45, 2.75) is 32.2 Å². The second-order valence-corrected chi connectivity index (χ2v) is 3.42. The van der Waals surface area contributed by atoms with Crippen LogP contribution in [0.15, 0.2) is 0 Å². The molecule has 0 N–H and O–H groups in total. The zero-order valence-electron chi connectivity index (χ0n) is 6.86. The SMILES string of the molecule is CCC1(CC)CN1CCCl. The Bertz CT molecular complexity index is 110. The van der Waals surface area contributed by atoms with E-state index in [4.69, 9.17) is 11.6 Å².